The monoisotopic (exact) mass is 256 g/mol. The van der Waals surface area contributed by atoms with E-state index in [1.807, 2.05) is 0 Å². The van der Waals surface area contributed by atoms with Crippen molar-refractivity contribution < 1.29 is 19.5 Å². The van der Waals surface area contributed by atoms with Gasteiger partial charge in [-0.05, 0) is 12.8 Å². The molecule has 1 aliphatic rings. The maximum absolute atomic E-state index is 11.4. The first-order chi connectivity index (χ1) is 8.43. The lowest BCUT2D eigenvalue weighted by atomic mass is 10.1. The van der Waals surface area contributed by atoms with Gasteiger partial charge in [-0.15, -0.1) is 0 Å². The Balaban J connectivity index is 2.55. The average molecular weight is 256 g/mol. The number of nitrogens with zero attached hydrogens (tertiary/aromatic N) is 1. The number of rotatable bonds is 6. The largest absolute Gasteiger partial charge is 0.480 e. The van der Waals surface area contributed by atoms with Gasteiger partial charge in [0.1, 0.15) is 6.04 Å². The summed E-state index contributed by atoms with van der Waals surface area (Å²) in [6, 6.07) is -1.12. The van der Waals surface area contributed by atoms with Crippen LogP contribution in [0, 0.1) is 5.41 Å². The molecular weight excluding hydrogens is 240 g/mol. The molecule has 8 nitrogen and oxygen atoms in total. The number of carboxylic acid groups (broad SMARTS) is 1. The number of carbonyl (C=O) groups is 3. The van der Waals surface area contributed by atoms with Gasteiger partial charge < -0.3 is 16.2 Å². The van der Waals surface area contributed by atoms with Gasteiger partial charge in [-0.1, -0.05) is 0 Å². The Hall–Kier alpha value is -2.12. The van der Waals surface area contributed by atoms with Crippen molar-refractivity contribution in [3.05, 3.63) is 0 Å². The van der Waals surface area contributed by atoms with Crippen molar-refractivity contribution in [3.63, 3.8) is 0 Å². The van der Waals surface area contributed by atoms with E-state index < -0.39 is 23.8 Å². The van der Waals surface area contributed by atoms with Gasteiger partial charge in [-0.3, -0.25) is 19.9 Å². The SMILES string of the molecule is N=C(N)NCCC[C@@H](C(=O)O)N1C(=O)CCC1=O. The number of guanidine groups is 1. The Morgan fingerprint density at radius 1 is 1.44 bits per heavy atom. The Bertz CT molecular complexity index is 366. The topological polar surface area (TPSA) is 137 Å². The normalized spacial score (nSPS) is 16.8. The molecule has 1 rings (SSSR count). The van der Waals surface area contributed by atoms with Crippen LogP contribution in [0.4, 0.5) is 0 Å². The average Bonchev–Trinajstić information content (AvgIpc) is 2.59. The molecule has 1 saturated heterocycles. The highest BCUT2D eigenvalue weighted by Crippen LogP contribution is 2.18. The molecule has 0 aliphatic carbocycles. The highest BCUT2D eigenvalue weighted by atomic mass is 16.4. The van der Waals surface area contributed by atoms with Gasteiger partial charge in [0.2, 0.25) is 11.8 Å². The van der Waals surface area contributed by atoms with Crippen LogP contribution in [-0.2, 0) is 14.4 Å². The number of hydrogen-bond donors (Lipinski definition) is 4. The van der Waals surface area contributed by atoms with Crippen LogP contribution in [0.15, 0.2) is 0 Å². The van der Waals surface area contributed by atoms with Crippen LogP contribution in [0.2, 0.25) is 0 Å². The third kappa shape index (κ3) is 3.44. The second-order valence-corrected chi connectivity index (χ2v) is 3.99. The van der Waals surface area contributed by atoms with Gasteiger partial charge in [-0.25, -0.2) is 4.79 Å². The number of amides is 2. The standard InChI is InChI=1S/C10H16N4O4/c11-10(12)13-5-1-2-6(9(17)18)14-7(15)3-4-8(14)16/h6H,1-5H2,(H,17,18)(H4,11,12,13)/t6-/m0/s1. The molecule has 0 aromatic carbocycles. The summed E-state index contributed by atoms with van der Waals surface area (Å²) in [5, 5.41) is 18.5. The van der Waals surface area contributed by atoms with Crippen LogP contribution >= 0.6 is 0 Å². The van der Waals surface area contributed by atoms with Crippen LogP contribution in [0.25, 0.3) is 0 Å². The molecule has 0 unspecified atom stereocenters. The zero-order valence-corrected chi connectivity index (χ0v) is 9.81. The molecule has 0 saturated carbocycles. The molecule has 1 aliphatic heterocycles. The summed E-state index contributed by atoms with van der Waals surface area (Å²) in [7, 11) is 0. The second kappa shape index (κ2) is 5.99. The first-order valence-electron chi connectivity index (χ1n) is 5.59. The number of imide groups is 1. The molecule has 0 radical (unpaired) electrons. The molecule has 1 fully saturated rings. The molecule has 1 heterocycles. The fourth-order valence-corrected chi connectivity index (χ4v) is 1.82. The quantitative estimate of drug-likeness (QED) is 0.205. The van der Waals surface area contributed by atoms with E-state index in [2.05, 4.69) is 5.32 Å². The maximum Gasteiger partial charge on any atom is 0.326 e. The molecule has 0 bridgehead atoms. The number of hydrogen-bond acceptors (Lipinski definition) is 4. The summed E-state index contributed by atoms with van der Waals surface area (Å²) in [6.07, 6.45) is 0.698. The predicted octanol–water partition coefficient (Wildman–Crippen LogP) is -1.15. The van der Waals surface area contributed by atoms with Crippen molar-refractivity contribution >= 4 is 23.7 Å². The van der Waals surface area contributed by atoms with E-state index in [1.165, 1.54) is 0 Å². The fraction of sp³-hybridized carbons (Fsp3) is 0.600. The Morgan fingerprint density at radius 3 is 2.44 bits per heavy atom. The van der Waals surface area contributed by atoms with Crippen LogP contribution in [-0.4, -0.2) is 46.3 Å². The van der Waals surface area contributed by atoms with Crippen LogP contribution in [0.1, 0.15) is 25.7 Å². The predicted molar refractivity (Wildman–Crippen MR) is 61.7 cm³/mol. The minimum absolute atomic E-state index is 0.0777. The number of aliphatic carboxylic acids is 1. The number of carboxylic acids is 1. The smallest absolute Gasteiger partial charge is 0.326 e. The number of nitrogens with one attached hydrogen (secondary N) is 2. The first kappa shape index (κ1) is 13.9. The minimum atomic E-state index is -1.19. The zero-order valence-electron chi connectivity index (χ0n) is 9.81. The Labute approximate surface area is 104 Å². The van der Waals surface area contributed by atoms with Crippen molar-refractivity contribution in [1.82, 2.24) is 10.2 Å². The highest BCUT2D eigenvalue weighted by molar-refractivity contribution is 6.04. The Kier molecular flexibility index (Phi) is 4.64. The number of nitrogens with two attached hydrogens (primary N) is 1. The molecule has 1 atom stereocenters. The molecule has 0 aromatic rings. The van der Waals surface area contributed by atoms with E-state index in [0.717, 1.165) is 4.90 Å². The van der Waals surface area contributed by atoms with Gasteiger partial charge in [-0.2, -0.15) is 0 Å². The Morgan fingerprint density at radius 2 is 2.00 bits per heavy atom. The lowest BCUT2D eigenvalue weighted by Gasteiger charge is -2.22. The molecule has 18 heavy (non-hydrogen) atoms. The van der Waals surface area contributed by atoms with E-state index in [4.69, 9.17) is 16.2 Å². The van der Waals surface area contributed by atoms with E-state index in [0.29, 0.717) is 13.0 Å². The number of carbonyl (C=O) groups excluding carboxylic acids is 2. The summed E-state index contributed by atoms with van der Waals surface area (Å²) >= 11 is 0. The van der Waals surface area contributed by atoms with Gasteiger partial charge in [0.25, 0.3) is 0 Å². The molecule has 0 spiro atoms. The lowest BCUT2D eigenvalue weighted by Crippen LogP contribution is -2.45. The van der Waals surface area contributed by atoms with Crippen LogP contribution in [0.5, 0.6) is 0 Å². The first-order valence-corrected chi connectivity index (χ1v) is 5.59. The van der Waals surface area contributed by atoms with Crippen molar-refractivity contribution in [2.45, 2.75) is 31.7 Å². The summed E-state index contributed by atoms with van der Waals surface area (Å²) in [4.78, 5) is 34.8. The fourth-order valence-electron chi connectivity index (χ4n) is 1.82. The van der Waals surface area contributed by atoms with Gasteiger partial charge >= 0.3 is 5.97 Å². The van der Waals surface area contributed by atoms with Crippen LogP contribution in [0.3, 0.4) is 0 Å². The maximum atomic E-state index is 11.4. The minimum Gasteiger partial charge on any atom is -0.480 e. The molecule has 100 valence electrons. The van der Waals surface area contributed by atoms with E-state index >= 15 is 0 Å². The molecular formula is C10H16N4O4. The summed E-state index contributed by atoms with van der Waals surface area (Å²) < 4.78 is 0. The molecule has 5 N–H and O–H groups in total. The van der Waals surface area contributed by atoms with E-state index in [9.17, 15) is 14.4 Å². The summed E-state index contributed by atoms with van der Waals surface area (Å²) in [5.74, 6) is -2.27. The van der Waals surface area contributed by atoms with E-state index in [-0.39, 0.29) is 25.2 Å². The van der Waals surface area contributed by atoms with Gasteiger partial charge in [0.05, 0.1) is 0 Å². The third-order valence-electron chi connectivity index (χ3n) is 2.66. The molecule has 0 aromatic heterocycles. The summed E-state index contributed by atoms with van der Waals surface area (Å²) in [6.45, 7) is 0.329. The zero-order chi connectivity index (χ0) is 13.7. The molecule has 2 amide bonds. The number of likely N-dealkylation sites (tertiary alicyclic amines) is 1. The van der Waals surface area contributed by atoms with Crippen molar-refractivity contribution in [3.8, 4) is 0 Å². The third-order valence-corrected chi connectivity index (χ3v) is 2.66. The molecule has 8 heteroatoms. The second-order valence-electron chi connectivity index (χ2n) is 3.99. The van der Waals surface area contributed by atoms with Gasteiger partial charge in [0.15, 0.2) is 5.96 Å². The lowest BCUT2D eigenvalue weighted by molar-refractivity contribution is -0.154. The highest BCUT2D eigenvalue weighted by Gasteiger charge is 2.38. The van der Waals surface area contributed by atoms with Crippen molar-refractivity contribution in [2.75, 3.05) is 6.54 Å². The van der Waals surface area contributed by atoms with Gasteiger partial charge in [0, 0.05) is 19.4 Å². The summed E-state index contributed by atoms with van der Waals surface area (Å²) in [5.41, 5.74) is 5.07. The van der Waals surface area contributed by atoms with E-state index in [1.54, 1.807) is 0 Å². The van der Waals surface area contributed by atoms with Crippen LogP contribution < -0.4 is 11.1 Å². The van der Waals surface area contributed by atoms with Crippen molar-refractivity contribution in [1.29, 1.82) is 5.41 Å². The van der Waals surface area contributed by atoms with Crippen molar-refractivity contribution in [2.24, 2.45) is 5.73 Å².